The fourth-order valence-corrected chi connectivity index (χ4v) is 0. The molecule has 0 atom stereocenters. The topological polar surface area (TPSA) is 143 Å². The summed E-state index contributed by atoms with van der Waals surface area (Å²) < 4.78 is 0. The van der Waals surface area contributed by atoms with Gasteiger partial charge < -0.3 is 20.8 Å². The first-order valence-corrected chi connectivity index (χ1v) is 2.78. The molecule has 0 aromatic rings. The van der Waals surface area contributed by atoms with Crippen LogP contribution in [0.15, 0.2) is 0 Å². The number of hydrogen-bond donors (Lipinski definition) is 3. The minimum Gasteiger partial charge on any atom is -0.481 e. The molecular weight excluding hydrogens is 353 g/mol. The summed E-state index contributed by atoms with van der Waals surface area (Å²) in [6, 6.07) is 0. The van der Waals surface area contributed by atoms with E-state index in [0.29, 0.717) is 0 Å². The van der Waals surface area contributed by atoms with Crippen LogP contribution in [0.25, 0.3) is 0 Å². The van der Waals surface area contributed by atoms with Crippen LogP contribution in [-0.2, 0) is 14.4 Å². The predicted octanol–water partition coefficient (Wildman–Crippen LogP) is -0.552. The van der Waals surface area contributed by atoms with Gasteiger partial charge in [0, 0.05) is 57.6 Å². The van der Waals surface area contributed by atoms with Gasteiger partial charge in [-0.25, -0.2) is 0 Å². The van der Waals surface area contributed by atoms with Gasteiger partial charge in [0.2, 0.25) is 0 Å². The molecule has 8 heteroatoms. The molecule has 1 radical (unpaired) electrons. The molecule has 0 unspecified atom stereocenters. The van der Waals surface area contributed by atoms with E-state index in [9.17, 15) is 0 Å². The van der Waals surface area contributed by atoms with Crippen molar-refractivity contribution in [2.75, 3.05) is 0 Å². The third kappa shape index (κ3) is 8310. The van der Waals surface area contributed by atoms with Gasteiger partial charge in [-0.15, -0.1) is 0 Å². The van der Waals surface area contributed by atoms with Gasteiger partial charge in [-0.3, -0.25) is 14.4 Å². The summed E-state index contributed by atoms with van der Waals surface area (Å²) in [5.41, 5.74) is 0. The Morgan fingerprint density at radius 3 is 0.714 bits per heavy atom. The number of rotatable bonds is 0. The molecule has 14 heavy (non-hydrogen) atoms. The van der Waals surface area contributed by atoms with Crippen molar-refractivity contribution in [2.45, 2.75) is 20.8 Å². The van der Waals surface area contributed by atoms with E-state index >= 15 is 0 Å². The fourth-order valence-electron chi connectivity index (χ4n) is 0. The van der Waals surface area contributed by atoms with E-state index in [1.165, 1.54) is 0 Å². The number of carboxylic acids is 3. The molecule has 0 fully saturated rings. The van der Waals surface area contributed by atoms with Crippen LogP contribution < -0.4 is 0 Å². The minimum absolute atomic E-state index is 0. The Bertz CT molecular complexity index is 116. The Morgan fingerprint density at radius 1 is 0.714 bits per heavy atom. The van der Waals surface area contributed by atoms with Gasteiger partial charge in [0.25, 0.3) is 17.9 Å². The van der Waals surface area contributed by atoms with Crippen molar-refractivity contribution in [2.24, 2.45) is 0 Å². The van der Waals surface area contributed by atoms with E-state index in [0.717, 1.165) is 20.8 Å². The number of aliphatic carboxylic acids is 3. The van der Waals surface area contributed by atoms with Crippen LogP contribution in [0.5, 0.6) is 0 Å². The van der Waals surface area contributed by atoms with Crippen molar-refractivity contribution in [3.05, 3.63) is 0 Å². The van der Waals surface area contributed by atoms with Gasteiger partial charge in [0.1, 0.15) is 0 Å². The Morgan fingerprint density at radius 2 is 0.714 bits per heavy atom. The summed E-state index contributed by atoms with van der Waals surface area (Å²) in [5.74, 6) is -2.50. The molecule has 0 aliphatic rings. The molecule has 5 N–H and O–H groups in total. The minimum atomic E-state index is -0.833. The second-order valence-corrected chi connectivity index (χ2v) is 1.56. The van der Waals surface area contributed by atoms with Crippen LogP contribution in [0.2, 0.25) is 0 Å². The van der Waals surface area contributed by atoms with Gasteiger partial charge in [-0.1, -0.05) is 0 Å². The van der Waals surface area contributed by atoms with Crippen molar-refractivity contribution in [1.82, 2.24) is 0 Å². The van der Waals surface area contributed by atoms with E-state index in [-0.39, 0.29) is 42.4 Å². The monoisotopic (exact) mass is 367 g/mol. The van der Waals surface area contributed by atoms with Crippen LogP contribution in [0.3, 0.4) is 0 Å². The summed E-state index contributed by atoms with van der Waals surface area (Å²) in [5, 5.41) is 22.2. The molecule has 0 aliphatic heterocycles. The molecule has 93 valence electrons. The molecule has 0 aromatic carbocycles. The summed E-state index contributed by atoms with van der Waals surface area (Å²) in [4.78, 5) is 27.0. The van der Waals surface area contributed by atoms with Crippen LogP contribution in [0.1, 0.15) is 20.8 Å². The standard InChI is InChI=1S/3C2H4O2.H2O.Tm/c3*1-2(3)4;;/h3*1H3,(H,3,4);1H2;. The first-order chi connectivity index (χ1) is 5.20. The van der Waals surface area contributed by atoms with Crippen molar-refractivity contribution < 1.29 is 72.1 Å². The maximum Gasteiger partial charge on any atom is 0.300 e. The smallest absolute Gasteiger partial charge is 0.300 e. The maximum atomic E-state index is 9.00. The zero-order valence-electron chi connectivity index (χ0n) is 7.84. The first-order valence-electron chi connectivity index (χ1n) is 2.78. The van der Waals surface area contributed by atoms with E-state index in [2.05, 4.69) is 0 Å². The van der Waals surface area contributed by atoms with Gasteiger partial charge in [-0.2, -0.15) is 0 Å². The molecule has 0 spiro atoms. The first kappa shape index (κ1) is 29.2. The predicted molar refractivity (Wildman–Crippen MR) is 43.5 cm³/mol. The zero-order chi connectivity index (χ0) is 10.7. The molecule has 0 heterocycles. The molecule has 0 bridgehead atoms. The van der Waals surface area contributed by atoms with Crippen molar-refractivity contribution in [1.29, 1.82) is 0 Å². The van der Waals surface area contributed by atoms with Gasteiger partial charge in [0.15, 0.2) is 0 Å². The number of carbonyl (C=O) groups is 3. The Balaban J connectivity index is -0.0000000270. The Hall–Kier alpha value is -0.396. The number of hydrogen-bond acceptors (Lipinski definition) is 3. The van der Waals surface area contributed by atoms with Crippen molar-refractivity contribution in [3.63, 3.8) is 0 Å². The quantitative estimate of drug-likeness (QED) is 0.524. The third-order valence-electron chi connectivity index (χ3n) is 0. The Kier molecular flexibility index (Phi) is 47.8. The average molecular weight is 367 g/mol. The molecule has 7 nitrogen and oxygen atoms in total. The normalized spacial score (nSPS) is 5.36. The average Bonchev–Trinajstić information content (AvgIpc) is 1.54. The number of carboxylic acid groups (broad SMARTS) is 3. The van der Waals surface area contributed by atoms with Crippen molar-refractivity contribution in [3.8, 4) is 0 Å². The molecule has 0 aromatic heterocycles. The Labute approximate surface area is 110 Å². The van der Waals surface area contributed by atoms with Crippen LogP contribution in [-0.4, -0.2) is 38.7 Å². The molecule has 0 amide bonds. The second kappa shape index (κ2) is 22.9. The largest absolute Gasteiger partial charge is 0.481 e. The van der Waals surface area contributed by atoms with Gasteiger partial charge in [-0.05, 0) is 0 Å². The van der Waals surface area contributed by atoms with Crippen LogP contribution in [0, 0.1) is 36.9 Å². The summed E-state index contributed by atoms with van der Waals surface area (Å²) in [6.45, 7) is 3.25. The van der Waals surface area contributed by atoms with Gasteiger partial charge >= 0.3 is 0 Å². The second-order valence-electron chi connectivity index (χ2n) is 1.56. The molecule has 0 aliphatic carbocycles. The van der Waals surface area contributed by atoms with Crippen LogP contribution >= 0.6 is 0 Å². The SMILES string of the molecule is CC(=O)O.CC(=O)O.CC(=O)O.O.[Tm]. The molecule has 0 rings (SSSR count). The molecule has 0 saturated heterocycles. The summed E-state index contributed by atoms with van der Waals surface area (Å²) in [7, 11) is 0. The summed E-state index contributed by atoms with van der Waals surface area (Å²) >= 11 is 0. The summed E-state index contributed by atoms with van der Waals surface area (Å²) in [6.07, 6.45) is 0. The molecule has 0 saturated carbocycles. The zero-order valence-corrected chi connectivity index (χ0v) is 9.62. The van der Waals surface area contributed by atoms with E-state index in [4.69, 9.17) is 29.7 Å². The maximum absolute atomic E-state index is 9.00. The van der Waals surface area contributed by atoms with E-state index in [1.807, 2.05) is 0 Å². The third-order valence-corrected chi connectivity index (χ3v) is 0. The van der Waals surface area contributed by atoms with Gasteiger partial charge in [0.05, 0.1) is 0 Å². The van der Waals surface area contributed by atoms with Crippen molar-refractivity contribution >= 4 is 17.9 Å². The molecular formula is C6H14O7Tm. The van der Waals surface area contributed by atoms with Crippen LogP contribution in [0.4, 0.5) is 0 Å². The van der Waals surface area contributed by atoms with E-state index < -0.39 is 17.9 Å². The fraction of sp³-hybridized carbons (Fsp3) is 0.500. The van der Waals surface area contributed by atoms with E-state index in [1.54, 1.807) is 0 Å².